The molecule has 7 heteroatoms. The van der Waals surface area contributed by atoms with E-state index in [1.807, 2.05) is 0 Å². The maximum Gasteiger partial charge on any atom is 0.242 e. The summed E-state index contributed by atoms with van der Waals surface area (Å²) in [5.41, 5.74) is 0. The lowest BCUT2D eigenvalue weighted by Gasteiger charge is -2.12. The Morgan fingerprint density at radius 3 is 2.74 bits per heavy atom. The molecule has 0 saturated heterocycles. The first-order chi connectivity index (χ1) is 8.94. The molecular weight excluding hydrogens is 286 g/mol. The molecule has 1 aliphatic rings. The third-order valence-electron chi connectivity index (χ3n) is 3.39. The van der Waals surface area contributed by atoms with Crippen LogP contribution in [0.2, 0.25) is 5.02 Å². The Balaban J connectivity index is 2.07. The molecule has 1 atom stereocenters. The quantitative estimate of drug-likeness (QED) is 0.844. The van der Waals surface area contributed by atoms with Crippen molar-refractivity contribution in [1.82, 2.24) is 9.71 Å². The molecule has 0 radical (unpaired) electrons. The lowest BCUT2D eigenvalue weighted by atomic mass is 10.1. The molecular formula is C12H18ClN3O2S. The van der Waals surface area contributed by atoms with Crippen molar-refractivity contribution in [3.8, 4) is 0 Å². The zero-order valence-electron chi connectivity index (χ0n) is 11.0. The third-order valence-corrected chi connectivity index (χ3v) is 5.06. The lowest BCUT2D eigenvalue weighted by molar-refractivity contribution is 0.491. The second kappa shape index (κ2) is 5.64. The fourth-order valence-corrected chi connectivity index (χ4v) is 3.35. The molecule has 1 fully saturated rings. The molecule has 106 valence electrons. The largest absolute Gasteiger partial charge is 0.372 e. The van der Waals surface area contributed by atoms with Crippen molar-refractivity contribution in [1.29, 1.82) is 0 Å². The van der Waals surface area contributed by atoms with Crippen molar-refractivity contribution in [3.63, 3.8) is 0 Å². The molecule has 1 unspecified atom stereocenters. The van der Waals surface area contributed by atoms with Gasteiger partial charge in [0.1, 0.15) is 10.7 Å². The van der Waals surface area contributed by atoms with Gasteiger partial charge in [0.15, 0.2) is 0 Å². The van der Waals surface area contributed by atoms with E-state index in [9.17, 15) is 8.42 Å². The van der Waals surface area contributed by atoms with Crippen LogP contribution in [0.1, 0.15) is 19.8 Å². The number of hydrogen-bond acceptors (Lipinski definition) is 4. The zero-order valence-corrected chi connectivity index (χ0v) is 12.6. The van der Waals surface area contributed by atoms with Crippen LogP contribution in [0.25, 0.3) is 0 Å². The molecule has 1 aromatic rings. The third kappa shape index (κ3) is 3.58. The van der Waals surface area contributed by atoms with Crippen LogP contribution in [-0.2, 0) is 10.0 Å². The highest BCUT2D eigenvalue weighted by atomic mass is 35.5. The molecule has 1 aliphatic carbocycles. The second-order valence-corrected chi connectivity index (χ2v) is 7.09. The normalized spacial score (nSPS) is 17.2. The van der Waals surface area contributed by atoms with Gasteiger partial charge in [0.05, 0.1) is 5.02 Å². The summed E-state index contributed by atoms with van der Waals surface area (Å²) < 4.78 is 26.8. The average Bonchev–Trinajstić information content (AvgIpc) is 3.20. The maximum atomic E-state index is 12.1. The number of sulfonamides is 1. The van der Waals surface area contributed by atoms with E-state index < -0.39 is 10.0 Å². The van der Waals surface area contributed by atoms with Crippen LogP contribution < -0.4 is 10.0 Å². The fourth-order valence-electron chi connectivity index (χ4n) is 1.91. The van der Waals surface area contributed by atoms with Crippen molar-refractivity contribution in [2.24, 2.45) is 11.8 Å². The van der Waals surface area contributed by atoms with E-state index in [2.05, 4.69) is 21.9 Å². The maximum absolute atomic E-state index is 12.1. The van der Waals surface area contributed by atoms with Gasteiger partial charge >= 0.3 is 0 Å². The lowest BCUT2D eigenvalue weighted by Crippen LogP contribution is -2.29. The highest BCUT2D eigenvalue weighted by molar-refractivity contribution is 7.89. The van der Waals surface area contributed by atoms with Crippen LogP contribution in [0.5, 0.6) is 0 Å². The van der Waals surface area contributed by atoms with Gasteiger partial charge in [0, 0.05) is 19.8 Å². The molecule has 2 rings (SSSR count). The van der Waals surface area contributed by atoms with Gasteiger partial charge in [-0.15, -0.1) is 0 Å². The number of aromatic nitrogens is 1. The molecule has 0 bridgehead atoms. The molecule has 1 aromatic heterocycles. The summed E-state index contributed by atoms with van der Waals surface area (Å²) in [4.78, 5) is 4.07. The summed E-state index contributed by atoms with van der Waals surface area (Å²) in [5, 5.41) is 3.08. The average molecular weight is 304 g/mol. The zero-order chi connectivity index (χ0) is 14.0. The molecule has 0 spiro atoms. The SMILES string of the molecule is CNc1ncc(S(=O)(=O)NCC(C)C2CC2)cc1Cl. The van der Waals surface area contributed by atoms with Crippen molar-refractivity contribution in [2.45, 2.75) is 24.7 Å². The van der Waals surface area contributed by atoms with E-state index in [0.29, 0.717) is 29.2 Å². The monoisotopic (exact) mass is 303 g/mol. The van der Waals surface area contributed by atoms with Crippen molar-refractivity contribution < 1.29 is 8.42 Å². The Kier molecular flexibility index (Phi) is 4.32. The summed E-state index contributed by atoms with van der Waals surface area (Å²) in [6, 6.07) is 1.41. The first-order valence-electron chi connectivity index (χ1n) is 6.27. The summed E-state index contributed by atoms with van der Waals surface area (Å²) in [6.07, 6.45) is 3.71. The molecule has 0 amide bonds. The minimum atomic E-state index is -3.53. The number of anilines is 1. The van der Waals surface area contributed by atoms with Crippen molar-refractivity contribution >= 4 is 27.4 Å². The molecule has 2 N–H and O–H groups in total. The molecule has 5 nitrogen and oxygen atoms in total. The topological polar surface area (TPSA) is 71.1 Å². The van der Waals surface area contributed by atoms with Crippen LogP contribution in [0, 0.1) is 11.8 Å². The Labute approximate surface area is 118 Å². The molecule has 19 heavy (non-hydrogen) atoms. The van der Waals surface area contributed by atoms with E-state index in [0.717, 1.165) is 0 Å². The van der Waals surface area contributed by atoms with E-state index in [1.165, 1.54) is 25.1 Å². The molecule has 1 saturated carbocycles. The Morgan fingerprint density at radius 1 is 1.53 bits per heavy atom. The number of rotatable bonds is 6. The minimum absolute atomic E-state index is 0.0968. The van der Waals surface area contributed by atoms with Crippen LogP contribution in [0.4, 0.5) is 5.82 Å². The van der Waals surface area contributed by atoms with Crippen LogP contribution >= 0.6 is 11.6 Å². The van der Waals surface area contributed by atoms with Gasteiger partial charge in [-0.2, -0.15) is 0 Å². The molecule has 0 aromatic carbocycles. The van der Waals surface area contributed by atoms with Gasteiger partial charge in [-0.3, -0.25) is 0 Å². The fraction of sp³-hybridized carbons (Fsp3) is 0.583. The van der Waals surface area contributed by atoms with Crippen molar-refractivity contribution in [3.05, 3.63) is 17.3 Å². The van der Waals surface area contributed by atoms with E-state index in [1.54, 1.807) is 7.05 Å². The smallest absolute Gasteiger partial charge is 0.242 e. The van der Waals surface area contributed by atoms with Gasteiger partial charge in [-0.1, -0.05) is 18.5 Å². The first kappa shape index (κ1) is 14.6. The summed E-state index contributed by atoms with van der Waals surface area (Å²) >= 11 is 5.94. The van der Waals surface area contributed by atoms with Gasteiger partial charge in [-0.05, 0) is 30.7 Å². The predicted octanol–water partition coefficient (Wildman–Crippen LogP) is 2.10. The minimum Gasteiger partial charge on any atom is -0.372 e. The molecule has 1 heterocycles. The standard InChI is InChI=1S/C12H18ClN3O2S/c1-8(9-3-4-9)6-16-19(17,18)10-5-11(13)12(14-2)15-7-10/h5,7-9,16H,3-4,6H2,1-2H3,(H,14,15). The van der Waals surface area contributed by atoms with E-state index >= 15 is 0 Å². The number of pyridine rings is 1. The summed E-state index contributed by atoms with van der Waals surface area (Å²) in [7, 11) is -1.85. The number of nitrogens with zero attached hydrogens (tertiary/aromatic N) is 1. The Bertz CT molecular complexity index is 558. The van der Waals surface area contributed by atoms with Gasteiger partial charge < -0.3 is 5.32 Å². The number of halogens is 1. The summed E-state index contributed by atoms with van der Waals surface area (Å²) in [5.74, 6) is 1.50. The van der Waals surface area contributed by atoms with Crippen molar-refractivity contribution in [2.75, 3.05) is 18.9 Å². The Hall–Kier alpha value is -0.850. The van der Waals surface area contributed by atoms with E-state index in [4.69, 9.17) is 11.6 Å². The van der Waals surface area contributed by atoms with E-state index in [-0.39, 0.29) is 4.90 Å². The van der Waals surface area contributed by atoms with Crippen LogP contribution in [0.3, 0.4) is 0 Å². The van der Waals surface area contributed by atoms with Crippen LogP contribution in [-0.4, -0.2) is 27.0 Å². The van der Waals surface area contributed by atoms with Crippen LogP contribution in [0.15, 0.2) is 17.2 Å². The Morgan fingerprint density at radius 2 is 2.21 bits per heavy atom. The highest BCUT2D eigenvalue weighted by Gasteiger charge is 2.29. The second-order valence-electron chi connectivity index (χ2n) is 4.92. The van der Waals surface area contributed by atoms with Gasteiger partial charge in [-0.25, -0.2) is 18.1 Å². The summed E-state index contributed by atoms with van der Waals surface area (Å²) in [6.45, 7) is 2.52. The number of hydrogen-bond donors (Lipinski definition) is 2. The first-order valence-corrected chi connectivity index (χ1v) is 8.13. The van der Waals surface area contributed by atoms with Gasteiger partial charge in [0.2, 0.25) is 10.0 Å². The predicted molar refractivity (Wildman–Crippen MR) is 75.9 cm³/mol. The molecule has 0 aliphatic heterocycles. The van der Waals surface area contributed by atoms with Gasteiger partial charge in [0.25, 0.3) is 0 Å². The number of nitrogens with one attached hydrogen (secondary N) is 2. The highest BCUT2D eigenvalue weighted by Crippen LogP contribution is 2.36.